The number of benzene rings is 1. The van der Waals surface area contributed by atoms with Crippen molar-refractivity contribution in [2.45, 2.75) is 39.8 Å². The van der Waals surface area contributed by atoms with Crippen molar-refractivity contribution < 1.29 is 9.53 Å². The van der Waals surface area contributed by atoms with Crippen LogP contribution in [0.25, 0.3) is 0 Å². The Morgan fingerprint density at radius 1 is 1.43 bits per heavy atom. The first-order chi connectivity index (χ1) is 9.99. The number of carbonyl (C=O) groups is 1. The SMILES string of the molecule is Cc1cccc(CNCC(C)C)c1OC1CCN(C)C1=O. The molecule has 0 saturated carbocycles. The molecule has 0 aromatic heterocycles. The van der Waals surface area contributed by atoms with Crippen molar-refractivity contribution in [2.24, 2.45) is 5.92 Å². The van der Waals surface area contributed by atoms with Crippen LogP contribution < -0.4 is 10.1 Å². The van der Waals surface area contributed by atoms with Gasteiger partial charge in [-0.1, -0.05) is 32.0 Å². The third kappa shape index (κ3) is 3.97. The van der Waals surface area contributed by atoms with Crippen LogP contribution in [-0.2, 0) is 11.3 Å². The van der Waals surface area contributed by atoms with Crippen LogP contribution in [0.3, 0.4) is 0 Å². The van der Waals surface area contributed by atoms with Crippen molar-refractivity contribution in [3.05, 3.63) is 29.3 Å². The first-order valence-electron chi connectivity index (χ1n) is 7.70. The molecule has 1 saturated heterocycles. The monoisotopic (exact) mass is 290 g/mol. The van der Waals surface area contributed by atoms with E-state index in [0.717, 1.165) is 42.9 Å². The Balaban J connectivity index is 2.08. The summed E-state index contributed by atoms with van der Waals surface area (Å²) in [7, 11) is 1.83. The first-order valence-corrected chi connectivity index (χ1v) is 7.70. The molecular formula is C17H26N2O2. The molecule has 1 fully saturated rings. The van der Waals surface area contributed by atoms with Gasteiger partial charge in [0.05, 0.1) is 0 Å². The summed E-state index contributed by atoms with van der Waals surface area (Å²) < 4.78 is 6.05. The molecule has 1 aliphatic heterocycles. The van der Waals surface area contributed by atoms with Gasteiger partial charge in [-0.25, -0.2) is 0 Å². The number of carbonyl (C=O) groups excluding carboxylic acids is 1. The normalized spacial score (nSPS) is 18.6. The zero-order chi connectivity index (χ0) is 15.4. The fourth-order valence-corrected chi connectivity index (χ4v) is 2.56. The maximum atomic E-state index is 12.0. The van der Waals surface area contributed by atoms with Gasteiger partial charge < -0.3 is 15.0 Å². The van der Waals surface area contributed by atoms with Gasteiger partial charge in [0.15, 0.2) is 6.10 Å². The van der Waals surface area contributed by atoms with Crippen LogP contribution in [0.1, 0.15) is 31.4 Å². The first kappa shape index (κ1) is 15.8. The van der Waals surface area contributed by atoms with Crippen molar-refractivity contribution in [3.8, 4) is 5.75 Å². The zero-order valence-corrected chi connectivity index (χ0v) is 13.5. The van der Waals surface area contributed by atoms with Crippen LogP contribution in [0, 0.1) is 12.8 Å². The second-order valence-electron chi connectivity index (χ2n) is 6.24. The van der Waals surface area contributed by atoms with Crippen molar-refractivity contribution in [3.63, 3.8) is 0 Å². The Labute approximate surface area is 127 Å². The molecule has 2 rings (SSSR count). The third-order valence-electron chi connectivity index (χ3n) is 3.80. The number of rotatable bonds is 6. The average molecular weight is 290 g/mol. The summed E-state index contributed by atoms with van der Waals surface area (Å²) in [5.41, 5.74) is 2.21. The number of aryl methyl sites for hydroxylation is 1. The lowest BCUT2D eigenvalue weighted by Gasteiger charge is -2.18. The molecule has 0 spiro atoms. The van der Waals surface area contributed by atoms with E-state index >= 15 is 0 Å². The summed E-state index contributed by atoms with van der Waals surface area (Å²) in [5.74, 6) is 1.56. The van der Waals surface area contributed by atoms with Gasteiger partial charge in [-0.3, -0.25) is 4.79 Å². The fourth-order valence-electron chi connectivity index (χ4n) is 2.56. The summed E-state index contributed by atoms with van der Waals surface area (Å²) in [4.78, 5) is 13.8. The summed E-state index contributed by atoms with van der Waals surface area (Å²) >= 11 is 0. The molecule has 1 unspecified atom stereocenters. The Kier molecular flexibility index (Phi) is 5.23. The van der Waals surface area contributed by atoms with Gasteiger partial charge in [0.25, 0.3) is 5.91 Å². The molecule has 21 heavy (non-hydrogen) atoms. The molecule has 1 aromatic carbocycles. The van der Waals surface area contributed by atoms with Crippen molar-refractivity contribution in [1.82, 2.24) is 10.2 Å². The average Bonchev–Trinajstić information content (AvgIpc) is 2.74. The summed E-state index contributed by atoms with van der Waals surface area (Å²) in [6.07, 6.45) is 0.433. The predicted octanol–water partition coefficient (Wildman–Crippen LogP) is 2.35. The van der Waals surface area contributed by atoms with Crippen LogP contribution >= 0.6 is 0 Å². The molecule has 0 bridgehead atoms. The standard InChI is InChI=1S/C17H26N2O2/c1-12(2)10-18-11-14-7-5-6-13(3)16(14)21-15-8-9-19(4)17(15)20/h5-7,12,15,18H,8-11H2,1-4H3. The number of likely N-dealkylation sites (tertiary alicyclic amines) is 1. The lowest BCUT2D eigenvalue weighted by molar-refractivity contribution is -0.132. The van der Waals surface area contributed by atoms with E-state index in [1.165, 1.54) is 0 Å². The third-order valence-corrected chi connectivity index (χ3v) is 3.80. The van der Waals surface area contributed by atoms with E-state index < -0.39 is 0 Å². The molecule has 1 aromatic rings. The number of para-hydroxylation sites is 1. The van der Waals surface area contributed by atoms with E-state index in [0.29, 0.717) is 5.92 Å². The second-order valence-corrected chi connectivity index (χ2v) is 6.24. The Morgan fingerprint density at radius 2 is 2.19 bits per heavy atom. The largest absolute Gasteiger partial charge is 0.480 e. The van der Waals surface area contributed by atoms with Gasteiger partial charge >= 0.3 is 0 Å². The maximum Gasteiger partial charge on any atom is 0.263 e. The Morgan fingerprint density at radius 3 is 2.81 bits per heavy atom. The molecular weight excluding hydrogens is 264 g/mol. The minimum absolute atomic E-state index is 0.0827. The van der Waals surface area contributed by atoms with Gasteiger partial charge in [0.2, 0.25) is 0 Å². The van der Waals surface area contributed by atoms with E-state index in [1.54, 1.807) is 4.90 Å². The molecule has 116 valence electrons. The molecule has 1 atom stereocenters. The molecule has 0 radical (unpaired) electrons. The molecule has 1 aliphatic rings. The minimum Gasteiger partial charge on any atom is -0.480 e. The van der Waals surface area contributed by atoms with E-state index in [4.69, 9.17) is 4.74 Å². The summed E-state index contributed by atoms with van der Waals surface area (Å²) in [6.45, 7) is 8.92. The lowest BCUT2D eigenvalue weighted by atomic mass is 10.1. The molecule has 1 amide bonds. The smallest absolute Gasteiger partial charge is 0.263 e. The number of nitrogens with zero attached hydrogens (tertiary/aromatic N) is 1. The van der Waals surface area contributed by atoms with Gasteiger partial charge in [0.1, 0.15) is 5.75 Å². The number of nitrogens with one attached hydrogen (secondary N) is 1. The van der Waals surface area contributed by atoms with Gasteiger partial charge in [-0.05, 0) is 24.9 Å². The van der Waals surface area contributed by atoms with Crippen LogP contribution in [0.4, 0.5) is 0 Å². The zero-order valence-electron chi connectivity index (χ0n) is 13.5. The number of hydrogen-bond donors (Lipinski definition) is 1. The summed E-state index contributed by atoms with van der Waals surface area (Å²) in [5, 5.41) is 3.44. The highest BCUT2D eigenvalue weighted by atomic mass is 16.5. The summed E-state index contributed by atoms with van der Waals surface area (Å²) in [6, 6.07) is 6.14. The Hall–Kier alpha value is -1.55. The topological polar surface area (TPSA) is 41.6 Å². The molecule has 4 nitrogen and oxygen atoms in total. The second kappa shape index (κ2) is 6.94. The highest BCUT2D eigenvalue weighted by Crippen LogP contribution is 2.27. The fraction of sp³-hybridized carbons (Fsp3) is 0.588. The molecule has 1 heterocycles. The predicted molar refractivity (Wildman–Crippen MR) is 84.4 cm³/mol. The highest BCUT2D eigenvalue weighted by molar-refractivity contribution is 5.83. The van der Waals surface area contributed by atoms with Crippen LogP contribution in [0.5, 0.6) is 5.75 Å². The minimum atomic E-state index is -0.333. The van der Waals surface area contributed by atoms with Crippen LogP contribution in [-0.4, -0.2) is 37.0 Å². The van der Waals surface area contributed by atoms with Gasteiger partial charge in [-0.15, -0.1) is 0 Å². The van der Waals surface area contributed by atoms with E-state index in [2.05, 4.69) is 25.2 Å². The maximum absolute atomic E-state index is 12.0. The number of hydrogen-bond acceptors (Lipinski definition) is 3. The quantitative estimate of drug-likeness (QED) is 0.874. The van der Waals surface area contributed by atoms with Crippen molar-refractivity contribution >= 4 is 5.91 Å². The van der Waals surface area contributed by atoms with Crippen molar-refractivity contribution in [2.75, 3.05) is 20.1 Å². The van der Waals surface area contributed by atoms with Crippen LogP contribution in [0.2, 0.25) is 0 Å². The molecule has 4 heteroatoms. The number of ether oxygens (including phenoxy) is 1. The van der Waals surface area contributed by atoms with E-state index in [-0.39, 0.29) is 12.0 Å². The molecule has 0 aliphatic carbocycles. The van der Waals surface area contributed by atoms with Crippen molar-refractivity contribution in [1.29, 1.82) is 0 Å². The number of amides is 1. The Bertz CT molecular complexity index is 500. The van der Waals surface area contributed by atoms with Crippen LogP contribution in [0.15, 0.2) is 18.2 Å². The van der Waals surface area contributed by atoms with Gasteiger partial charge in [-0.2, -0.15) is 0 Å². The number of likely N-dealkylation sites (N-methyl/N-ethyl adjacent to an activating group) is 1. The van der Waals surface area contributed by atoms with E-state index in [9.17, 15) is 4.79 Å². The molecule has 1 N–H and O–H groups in total. The lowest BCUT2D eigenvalue weighted by Crippen LogP contribution is -2.30. The van der Waals surface area contributed by atoms with E-state index in [1.807, 2.05) is 26.1 Å². The highest BCUT2D eigenvalue weighted by Gasteiger charge is 2.31. The van der Waals surface area contributed by atoms with Gasteiger partial charge in [0, 0.05) is 32.1 Å².